The third-order valence-corrected chi connectivity index (χ3v) is 26.7. The smallest absolute Gasteiger partial charge is 0.410 e. The maximum absolute atomic E-state index is 14.8. The Bertz CT molecular complexity index is 5370. The summed E-state index contributed by atoms with van der Waals surface area (Å²) in [5, 5.41) is 44.2. The number of hydrogen-bond acceptors (Lipinski definition) is 32. The number of allylic oxidation sites excluding steroid dienone is 6. The van der Waals surface area contributed by atoms with Crippen molar-refractivity contribution in [2.45, 2.75) is 212 Å². The van der Waals surface area contributed by atoms with Crippen LogP contribution in [0.15, 0.2) is 121 Å². The van der Waals surface area contributed by atoms with E-state index in [9.17, 15) is 53.7 Å². The number of ether oxygens (including phenoxy) is 9. The largest absolute Gasteiger partial charge is 0.459 e. The van der Waals surface area contributed by atoms with Crippen LogP contribution >= 0.6 is 0 Å². The fourth-order valence-corrected chi connectivity index (χ4v) is 18.6. The number of nitrogens with zero attached hydrogens (tertiary/aromatic N) is 14. The van der Waals surface area contributed by atoms with Crippen LogP contribution < -0.4 is 26.6 Å². The van der Waals surface area contributed by atoms with Gasteiger partial charge in [-0.3, -0.25) is 28.8 Å². The molecule has 15 atom stereocenters. The SMILES string of the molecule is CO[C@H]1C[C@@H]2CC[C@@H](C)[C@@](O)(O2)C(=O)C(=O)N2CCCC[C@H]2C(=O)O[C@H]([C@H](N)C[C@@H]2CC[C@@H](OC(=O)N(C)Cc3cnc(N4CCN(c5ncc(C(=O)NCCOCCOCCOCCOCCC(=O)N6CCc7cc(Cn8nc(-c9cnc%10[nH]ccc%10c9)c9c(N)ncnc98)ccc7C6)cn5)CC4)nc3)[C@H](OC)C2)CC(=O)[C@H](C)/C=C(\C)[C@@H](O)[C@@H](O)C(=O)[C@H](C)C[C@H](C)/C=C/C=CC=C1C. The number of anilines is 3. The number of carbonyl (C=O) groups excluding carboxylic acids is 8. The number of pyridine rings is 1. The van der Waals surface area contributed by atoms with E-state index in [4.69, 9.17) is 59.2 Å². The van der Waals surface area contributed by atoms with Crippen LogP contribution in [0.4, 0.5) is 22.5 Å². The van der Waals surface area contributed by atoms with E-state index < -0.39 is 120 Å². The molecule has 13 rings (SSSR count). The molecule has 1 saturated carbocycles. The number of piperazine rings is 1. The molecule has 136 heavy (non-hydrogen) atoms. The number of piperidine rings is 1. The molecule has 1 aliphatic carbocycles. The van der Waals surface area contributed by atoms with Gasteiger partial charge in [0.25, 0.3) is 17.6 Å². The number of nitrogens with two attached hydrogens (primary N) is 2. The molecule has 4 fully saturated rings. The second-order valence-electron chi connectivity index (χ2n) is 36.6. The first-order valence-corrected chi connectivity index (χ1v) is 47.4. The lowest BCUT2D eigenvalue weighted by atomic mass is 9.80. The number of aliphatic hydroxyl groups excluding tert-OH is 2. The van der Waals surface area contributed by atoms with Crippen molar-refractivity contribution in [2.75, 3.05) is 135 Å². The number of nitrogens with one attached hydrogen (secondary N) is 2. The van der Waals surface area contributed by atoms with Crippen LogP contribution in [0, 0.1) is 29.6 Å². The Labute approximate surface area is 792 Å². The minimum atomic E-state index is -2.52. The number of fused-ring (bicyclic) bond motifs is 6. The third-order valence-electron chi connectivity index (χ3n) is 26.7. The number of rotatable bonds is 29. The quantitative estimate of drug-likeness (QED) is 0.0103. The molecular formula is C98H132N18O20. The Balaban J connectivity index is 0.496. The highest BCUT2D eigenvalue weighted by Crippen LogP contribution is 2.39. The highest BCUT2D eigenvalue weighted by Gasteiger charge is 2.53. The number of carbonyl (C=O) groups is 8. The number of amides is 4. The summed E-state index contributed by atoms with van der Waals surface area (Å²) in [6.45, 7) is 17.1. The average Bonchev–Trinajstić information content (AvgIpc) is 1.66. The van der Waals surface area contributed by atoms with E-state index in [0.29, 0.717) is 182 Å². The number of esters is 1. The molecule has 4 amide bonds. The number of aliphatic hydroxyl groups is 3. The maximum atomic E-state index is 14.8. The van der Waals surface area contributed by atoms with Crippen molar-refractivity contribution in [3.8, 4) is 11.3 Å². The molecule has 0 spiro atoms. The monoisotopic (exact) mass is 1880 g/mol. The second-order valence-corrected chi connectivity index (χ2v) is 36.6. The highest BCUT2D eigenvalue weighted by molar-refractivity contribution is 6.39. The van der Waals surface area contributed by atoms with Crippen LogP contribution in [0.2, 0.25) is 0 Å². The average molecular weight is 1880 g/mol. The molecule has 6 aliphatic rings. The number of H-pyrrole nitrogens is 1. The molecule has 9 N–H and O–H groups in total. The molecule has 0 unspecified atom stereocenters. The summed E-state index contributed by atoms with van der Waals surface area (Å²) in [5.41, 5.74) is 21.7. The van der Waals surface area contributed by atoms with E-state index in [1.807, 2.05) is 81.9 Å². The molecule has 6 aromatic heterocycles. The fraction of sp³-hybridized carbons (Fsp3) is 0.571. The number of aromatic amines is 1. The predicted octanol–water partition coefficient (Wildman–Crippen LogP) is 7.49. The van der Waals surface area contributed by atoms with Crippen molar-refractivity contribution in [1.82, 2.24) is 69.7 Å². The molecule has 1 aromatic carbocycles. The van der Waals surface area contributed by atoms with Gasteiger partial charge in [0.1, 0.15) is 59.7 Å². The lowest BCUT2D eigenvalue weighted by Crippen LogP contribution is -2.61. The molecule has 2 bridgehead atoms. The van der Waals surface area contributed by atoms with Crippen molar-refractivity contribution < 1.29 is 96.3 Å². The second kappa shape index (κ2) is 48.6. The van der Waals surface area contributed by atoms with Crippen LogP contribution in [0.25, 0.3) is 33.3 Å². The minimum absolute atomic E-state index is 0.0104. The topological polar surface area (TPSA) is 484 Å². The number of nitrogen functional groups attached to an aromatic ring is 1. The molecule has 11 heterocycles. The summed E-state index contributed by atoms with van der Waals surface area (Å²) in [4.78, 5) is 155. The predicted molar refractivity (Wildman–Crippen MR) is 503 cm³/mol. The van der Waals surface area contributed by atoms with Gasteiger partial charge in [0.05, 0.1) is 102 Å². The number of cyclic esters (lactones) is 1. The number of methoxy groups -OCH3 is 2. The first-order valence-electron chi connectivity index (χ1n) is 47.4. The number of ketones is 3. The Hall–Kier alpha value is -11.3. The lowest BCUT2D eigenvalue weighted by molar-refractivity contribution is -0.265. The van der Waals surface area contributed by atoms with Crippen LogP contribution in [0.5, 0.6) is 0 Å². The Morgan fingerprint density at radius 2 is 1.43 bits per heavy atom. The van der Waals surface area contributed by atoms with Crippen LogP contribution in [-0.4, -0.2) is 307 Å². The van der Waals surface area contributed by atoms with Gasteiger partial charge in [-0.1, -0.05) is 82.4 Å². The van der Waals surface area contributed by atoms with Crippen LogP contribution in [-0.2, 0) is 97.5 Å². The summed E-state index contributed by atoms with van der Waals surface area (Å²) >= 11 is 0. The molecule has 38 heteroatoms. The van der Waals surface area contributed by atoms with Gasteiger partial charge in [0.2, 0.25) is 23.6 Å². The molecule has 7 aromatic rings. The van der Waals surface area contributed by atoms with Gasteiger partial charge in [0, 0.05) is 164 Å². The Morgan fingerprint density at radius 1 is 0.721 bits per heavy atom. The van der Waals surface area contributed by atoms with Crippen molar-refractivity contribution in [1.29, 1.82) is 0 Å². The zero-order valence-electron chi connectivity index (χ0n) is 79.3. The van der Waals surface area contributed by atoms with E-state index in [2.05, 4.69) is 63.4 Å². The first kappa shape index (κ1) is 102. The number of aromatic nitrogens is 10. The number of Topliss-reactive ketones (excluding diaryl/α,β-unsaturated/α-hetero) is 3. The van der Waals surface area contributed by atoms with Gasteiger partial charge in [-0.2, -0.15) is 5.10 Å². The van der Waals surface area contributed by atoms with Crippen molar-refractivity contribution in [2.24, 2.45) is 35.3 Å². The van der Waals surface area contributed by atoms with Crippen molar-refractivity contribution >= 4 is 86.9 Å². The number of hydrogen-bond donors (Lipinski definition) is 7. The molecule has 734 valence electrons. The van der Waals surface area contributed by atoms with E-state index in [1.165, 1.54) is 49.3 Å². The fourth-order valence-electron chi connectivity index (χ4n) is 18.6. The van der Waals surface area contributed by atoms with E-state index in [-0.39, 0.29) is 87.8 Å². The zero-order valence-corrected chi connectivity index (χ0v) is 79.3. The first-order chi connectivity index (χ1) is 65.5. The van der Waals surface area contributed by atoms with Crippen LogP contribution in [0.1, 0.15) is 158 Å². The van der Waals surface area contributed by atoms with Gasteiger partial charge >= 0.3 is 12.1 Å². The van der Waals surface area contributed by atoms with Crippen LogP contribution in [0.3, 0.4) is 0 Å². The summed E-state index contributed by atoms with van der Waals surface area (Å²) in [6.07, 6.45) is 18.9. The Kier molecular flexibility index (Phi) is 36.5. The summed E-state index contributed by atoms with van der Waals surface area (Å²) in [7, 11) is 4.68. The van der Waals surface area contributed by atoms with Gasteiger partial charge in [-0.25, -0.2) is 49.2 Å². The van der Waals surface area contributed by atoms with Crippen molar-refractivity contribution in [3.05, 3.63) is 149 Å². The highest BCUT2D eigenvalue weighted by atomic mass is 16.6. The maximum Gasteiger partial charge on any atom is 0.410 e. The summed E-state index contributed by atoms with van der Waals surface area (Å²) in [5.74, 6) is -8.37. The lowest BCUT2D eigenvalue weighted by Gasteiger charge is -2.42. The Morgan fingerprint density at radius 3 is 2.14 bits per heavy atom. The van der Waals surface area contributed by atoms with E-state index in [0.717, 1.165) is 44.6 Å². The van der Waals surface area contributed by atoms with Gasteiger partial charge in [-0.05, 0) is 136 Å². The van der Waals surface area contributed by atoms with E-state index >= 15 is 0 Å². The molecule has 3 saturated heterocycles. The molecular weight excluding hydrogens is 1750 g/mol. The zero-order chi connectivity index (χ0) is 96.7. The summed E-state index contributed by atoms with van der Waals surface area (Å²) in [6, 6.07) is 8.03. The molecule has 0 radical (unpaired) electrons. The minimum Gasteiger partial charge on any atom is -0.459 e. The standard InChI is InChI=1S/C98H132N18O20/c1-60-15-11-10-12-16-61(2)79(128-8)49-74-22-18-65(6)98(127,136-74)88(122)93(124)115-29-14-13-17-76(115)94(125)134-80(50-77(117)62(3)44-64(5)86(120)87(121)85(119)63(4)43-60)75(99)46-66-20-23-78(81(47-66)129-9)135-97(126)111(7)56-68-51-104-95(105-52-68)112-31-33-113(34-32-112)96-106-54-73(55-107-96)92(123)102-28-36-131-38-40-133-42-41-132-39-37-130-35-26-82(118)114-30-25-69-45-67(19-21-71(69)58-114)57-116-91-83(89(100)108-59-109-91)84(110-116)72-48-70-24-27-101-90(70)103-53-72/h10-12,15-16,19,21,24,27,44-45,48,51-55,59-60,62-63,65-66,74-76,78-81,86-87,120-121,127H,13-14,17-18,20,22-23,25-26,28-43,46-47,49-50,56-58,99H2,1-9H3,(H,101,103)(H,102,123)(H2,100,108,109)/b12-10?,15-11+,61-16?,64-44+/t60-,62-,63-,65-,66+,74+,75-,76+,78-,79+,80+,81-,86-,87+,98-/m1/s1. The molecule has 38 nitrogen and oxygen atoms in total. The summed E-state index contributed by atoms with van der Waals surface area (Å²) < 4.78 is 55.0. The third kappa shape index (κ3) is 26.5. The normalized spacial score (nSPS) is 26.0. The van der Waals surface area contributed by atoms with Gasteiger partial charge < -0.3 is 104 Å². The van der Waals surface area contributed by atoms with Gasteiger partial charge in [0.15, 0.2) is 11.4 Å². The van der Waals surface area contributed by atoms with Gasteiger partial charge in [-0.15, -0.1) is 0 Å². The molecule has 5 aliphatic heterocycles. The van der Waals surface area contributed by atoms with E-state index in [1.54, 1.807) is 53.5 Å². The number of benzene rings is 1. The van der Waals surface area contributed by atoms with Crippen molar-refractivity contribution in [3.63, 3.8) is 0 Å².